The fraction of sp³-hybridized carbons (Fsp3) is 0.333. The fourth-order valence-electron chi connectivity index (χ4n) is 2.86. The fourth-order valence-corrected chi connectivity index (χ4v) is 3.21. The molecule has 6 heteroatoms. The first-order valence-corrected chi connectivity index (χ1v) is 8.87. The molecule has 126 valence electrons. The lowest BCUT2D eigenvalue weighted by Gasteiger charge is -2.23. The first-order valence-electron chi connectivity index (χ1n) is 8.11. The first-order chi connectivity index (χ1) is 11.6. The number of rotatable bonds is 4. The van der Waals surface area contributed by atoms with Crippen LogP contribution in [0.15, 0.2) is 36.5 Å². The van der Waals surface area contributed by atoms with Gasteiger partial charge in [-0.2, -0.15) is 0 Å². The predicted octanol–water partition coefficient (Wildman–Crippen LogP) is 5.39. The molecule has 24 heavy (non-hydrogen) atoms. The predicted molar refractivity (Wildman–Crippen MR) is 99.1 cm³/mol. The lowest BCUT2D eigenvalue weighted by atomic mass is 9.95. The molecule has 1 amide bonds. The molecule has 0 unspecified atom stereocenters. The summed E-state index contributed by atoms with van der Waals surface area (Å²) < 4.78 is 0. The van der Waals surface area contributed by atoms with Crippen LogP contribution in [0.4, 0.5) is 11.5 Å². The highest BCUT2D eigenvalue weighted by atomic mass is 35.5. The molecule has 0 atom stereocenters. The highest BCUT2D eigenvalue weighted by Crippen LogP contribution is 2.29. The Balaban J connectivity index is 1.64. The van der Waals surface area contributed by atoms with Gasteiger partial charge in [0.15, 0.2) is 0 Å². The van der Waals surface area contributed by atoms with Crippen LogP contribution in [-0.2, 0) is 0 Å². The molecule has 4 nitrogen and oxygen atoms in total. The molecule has 1 aromatic heterocycles. The summed E-state index contributed by atoms with van der Waals surface area (Å²) in [5, 5.41) is 6.92. The van der Waals surface area contributed by atoms with Crippen LogP contribution in [0.1, 0.15) is 42.5 Å². The Morgan fingerprint density at radius 3 is 2.58 bits per heavy atom. The van der Waals surface area contributed by atoms with Gasteiger partial charge in [-0.05, 0) is 37.1 Å². The Bertz CT molecular complexity index is 713. The summed E-state index contributed by atoms with van der Waals surface area (Å²) in [5.74, 6) is 0.537. The van der Waals surface area contributed by atoms with E-state index in [-0.39, 0.29) is 5.91 Å². The number of nitrogens with one attached hydrogen (secondary N) is 2. The third-order valence-corrected chi connectivity index (χ3v) is 5.00. The smallest absolute Gasteiger partial charge is 0.257 e. The number of halogens is 2. The maximum absolute atomic E-state index is 12.3. The maximum atomic E-state index is 12.3. The summed E-state index contributed by atoms with van der Waals surface area (Å²) in [5.41, 5.74) is 0.957. The zero-order valence-electron chi connectivity index (χ0n) is 13.2. The Morgan fingerprint density at radius 2 is 1.88 bits per heavy atom. The highest BCUT2D eigenvalue weighted by Gasteiger charge is 2.14. The Hall–Kier alpha value is -1.78. The molecule has 0 bridgehead atoms. The number of amides is 1. The quantitative estimate of drug-likeness (QED) is 0.765. The maximum Gasteiger partial charge on any atom is 0.257 e. The molecule has 1 saturated carbocycles. The lowest BCUT2D eigenvalue weighted by Crippen LogP contribution is -2.23. The molecule has 0 aliphatic heterocycles. The van der Waals surface area contributed by atoms with Gasteiger partial charge in [0.25, 0.3) is 5.91 Å². The van der Waals surface area contributed by atoms with Crippen molar-refractivity contribution in [1.29, 1.82) is 0 Å². The van der Waals surface area contributed by atoms with Crippen LogP contribution in [0.25, 0.3) is 0 Å². The topological polar surface area (TPSA) is 54.0 Å². The number of benzene rings is 1. The third kappa shape index (κ3) is 4.19. The Labute approximate surface area is 151 Å². The third-order valence-electron chi connectivity index (χ3n) is 4.18. The van der Waals surface area contributed by atoms with E-state index in [1.807, 2.05) is 6.07 Å². The summed E-state index contributed by atoms with van der Waals surface area (Å²) in [4.78, 5) is 16.7. The van der Waals surface area contributed by atoms with E-state index in [1.54, 1.807) is 30.5 Å². The number of carbonyl (C=O) groups is 1. The van der Waals surface area contributed by atoms with Crippen molar-refractivity contribution >= 4 is 40.6 Å². The van der Waals surface area contributed by atoms with Gasteiger partial charge in [0, 0.05) is 12.2 Å². The van der Waals surface area contributed by atoms with Crippen LogP contribution in [0, 0.1) is 0 Å². The molecular weight excluding hydrogens is 345 g/mol. The van der Waals surface area contributed by atoms with E-state index in [0.29, 0.717) is 27.3 Å². The molecule has 0 saturated heterocycles. The number of aromatic nitrogens is 1. The zero-order chi connectivity index (χ0) is 16.9. The number of nitrogens with zero attached hydrogens (tertiary/aromatic N) is 1. The van der Waals surface area contributed by atoms with E-state index in [4.69, 9.17) is 23.2 Å². The van der Waals surface area contributed by atoms with Gasteiger partial charge in [-0.1, -0.05) is 48.5 Å². The van der Waals surface area contributed by atoms with Crippen molar-refractivity contribution in [3.8, 4) is 0 Å². The van der Waals surface area contributed by atoms with E-state index < -0.39 is 0 Å². The molecule has 0 radical (unpaired) electrons. The summed E-state index contributed by atoms with van der Waals surface area (Å²) >= 11 is 12.0. The largest absolute Gasteiger partial charge is 0.367 e. The van der Waals surface area contributed by atoms with Gasteiger partial charge in [0.05, 0.1) is 21.3 Å². The molecule has 1 aromatic carbocycles. The molecular formula is C18H19Cl2N3O. The summed E-state index contributed by atoms with van der Waals surface area (Å²) in [6, 6.07) is 9.19. The summed E-state index contributed by atoms with van der Waals surface area (Å²) in [6.07, 6.45) is 7.77. The van der Waals surface area contributed by atoms with Gasteiger partial charge < -0.3 is 10.6 Å². The molecule has 1 aliphatic carbocycles. The van der Waals surface area contributed by atoms with Crippen molar-refractivity contribution in [2.75, 3.05) is 10.6 Å². The monoisotopic (exact) mass is 363 g/mol. The van der Waals surface area contributed by atoms with Crippen molar-refractivity contribution in [3.63, 3.8) is 0 Å². The van der Waals surface area contributed by atoms with Gasteiger partial charge in [0.2, 0.25) is 0 Å². The van der Waals surface area contributed by atoms with Crippen LogP contribution in [0.3, 0.4) is 0 Å². The van der Waals surface area contributed by atoms with E-state index in [2.05, 4.69) is 15.6 Å². The molecule has 1 aliphatic rings. The SMILES string of the molecule is O=C(Nc1cccc(Cl)c1Cl)c1ccc(NC2CCCCC2)nc1. The van der Waals surface area contributed by atoms with Gasteiger partial charge >= 0.3 is 0 Å². The molecule has 2 N–H and O–H groups in total. The van der Waals surface area contributed by atoms with Crippen LogP contribution in [0.5, 0.6) is 0 Å². The first kappa shape index (κ1) is 17.1. The summed E-state index contributed by atoms with van der Waals surface area (Å²) in [6.45, 7) is 0. The van der Waals surface area contributed by atoms with Gasteiger partial charge in [-0.15, -0.1) is 0 Å². The molecule has 1 fully saturated rings. The minimum absolute atomic E-state index is 0.268. The van der Waals surface area contributed by atoms with E-state index >= 15 is 0 Å². The van der Waals surface area contributed by atoms with Crippen LogP contribution in [-0.4, -0.2) is 16.9 Å². The Kier molecular flexibility index (Phi) is 5.59. The van der Waals surface area contributed by atoms with E-state index in [0.717, 1.165) is 5.82 Å². The van der Waals surface area contributed by atoms with Crippen molar-refractivity contribution in [3.05, 3.63) is 52.1 Å². The Morgan fingerprint density at radius 1 is 1.08 bits per heavy atom. The second-order valence-corrected chi connectivity index (χ2v) is 6.75. The normalized spacial score (nSPS) is 15.1. The minimum Gasteiger partial charge on any atom is -0.367 e. The summed E-state index contributed by atoms with van der Waals surface area (Å²) in [7, 11) is 0. The van der Waals surface area contributed by atoms with Gasteiger partial charge in [0.1, 0.15) is 5.82 Å². The van der Waals surface area contributed by atoms with Crippen LogP contribution >= 0.6 is 23.2 Å². The van der Waals surface area contributed by atoms with Crippen molar-refractivity contribution < 1.29 is 4.79 Å². The van der Waals surface area contributed by atoms with Crippen molar-refractivity contribution in [2.45, 2.75) is 38.1 Å². The molecule has 3 rings (SSSR count). The number of anilines is 2. The average molecular weight is 364 g/mol. The van der Waals surface area contributed by atoms with Gasteiger partial charge in [-0.25, -0.2) is 4.98 Å². The van der Waals surface area contributed by atoms with Crippen molar-refractivity contribution in [1.82, 2.24) is 4.98 Å². The van der Waals surface area contributed by atoms with Crippen LogP contribution < -0.4 is 10.6 Å². The average Bonchev–Trinajstić information content (AvgIpc) is 2.60. The molecule has 1 heterocycles. The van der Waals surface area contributed by atoms with Gasteiger partial charge in [-0.3, -0.25) is 4.79 Å². The number of hydrogen-bond donors (Lipinski definition) is 2. The highest BCUT2D eigenvalue weighted by molar-refractivity contribution is 6.44. The van der Waals surface area contributed by atoms with Crippen LogP contribution in [0.2, 0.25) is 10.0 Å². The van der Waals surface area contributed by atoms with E-state index in [1.165, 1.54) is 32.1 Å². The number of hydrogen-bond acceptors (Lipinski definition) is 3. The standard InChI is InChI=1S/C18H19Cl2N3O/c19-14-7-4-8-15(17(14)20)23-18(24)12-9-10-16(21-11-12)22-13-5-2-1-3-6-13/h4,7-11,13H,1-3,5-6H2,(H,21,22)(H,23,24). The number of carbonyl (C=O) groups excluding carboxylic acids is 1. The second kappa shape index (κ2) is 7.86. The molecule has 0 spiro atoms. The minimum atomic E-state index is -0.268. The lowest BCUT2D eigenvalue weighted by molar-refractivity contribution is 0.102. The van der Waals surface area contributed by atoms with Crippen molar-refractivity contribution in [2.24, 2.45) is 0 Å². The molecule has 2 aromatic rings. The van der Waals surface area contributed by atoms with E-state index in [9.17, 15) is 4.79 Å². The second-order valence-electron chi connectivity index (χ2n) is 5.97. The zero-order valence-corrected chi connectivity index (χ0v) is 14.7. The number of pyridine rings is 1.